The van der Waals surface area contributed by atoms with Gasteiger partial charge in [0.15, 0.2) is 17.3 Å². The second kappa shape index (κ2) is 8.79. The summed E-state index contributed by atoms with van der Waals surface area (Å²) in [6, 6.07) is 5.77. The van der Waals surface area contributed by atoms with Gasteiger partial charge in [0.05, 0.1) is 18.2 Å². The van der Waals surface area contributed by atoms with E-state index in [0.29, 0.717) is 18.7 Å². The Kier molecular flexibility index (Phi) is 5.82. The van der Waals surface area contributed by atoms with E-state index in [1.54, 1.807) is 21.0 Å². The number of aromatic hydroxyl groups is 2. The van der Waals surface area contributed by atoms with Gasteiger partial charge in [-0.25, -0.2) is 0 Å². The van der Waals surface area contributed by atoms with Crippen molar-refractivity contribution in [3.63, 3.8) is 0 Å². The molecule has 0 bridgehead atoms. The Morgan fingerprint density at radius 1 is 1.18 bits per heavy atom. The van der Waals surface area contributed by atoms with E-state index in [-0.39, 0.29) is 39.5 Å². The maximum Gasteiger partial charge on any atom is 0.194 e. The Bertz CT molecular complexity index is 1630. The van der Waals surface area contributed by atoms with Crippen LogP contribution in [0.2, 0.25) is 0 Å². The number of H-pyrrole nitrogens is 1. The first-order valence-electron chi connectivity index (χ1n) is 12.2. The van der Waals surface area contributed by atoms with Crippen molar-refractivity contribution in [2.75, 3.05) is 13.7 Å². The predicted molar refractivity (Wildman–Crippen MR) is 140 cm³/mol. The number of carbonyl (C=O) groups is 3. The van der Waals surface area contributed by atoms with Crippen molar-refractivity contribution in [3.05, 3.63) is 69.8 Å². The molecule has 2 aromatic carbocycles. The number of nitrogens with one attached hydrogen (secondary N) is 2. The molecular weight excluding hydrogens is 488 g/mol. The monoisotopic (exact) mass is 516 g/mol. The van der Waals surface area contributed by atoms with Gasteiger partial charge >= 0.3 is 0 Å². The normalized spacial score (nSPS) is 19.6. The van der Waals surface area contributed by atoms with Gasteiger partial charge in [-0.3, -0.25) is 14.4 Å². The third-order valence-electron chi connectivity index (χ3n) is 7.52. The summed E-state index contributed by atoms with van der Waals surface area (Å²) in [6.45, 7) is 6.36. The van der Waals surface area contributed by atoms with Crippen LogP contribution in [0.5, 0.6) is 23.0 Å². The summed E-state index contributed by atoms with van der Waals surface area (Å²) in [5, 5.41) is 25.6. The van der Waals surface area contributed by atoms with E-state index >= 15 is 0 Å². The molecule has 9 heteroatoms. The van der Waals surface area contributed by atoms with Crippen molar-refractivity contribution in [2.24, 2.45) is 0 Å². The molecule has 38 heavy (non-hydrogen) atoms. The Morgan fingerprint density at radius 2 is 1.92 bits per heavy atom. The molecule has 5 rings (SSSR count). The molecule has 2 heterocycles. The Labute approximate surface area is 218 Å². The zero-order chi connectivity index (χ0) is 27.5. The molecule has 0 spiro atoms. The fourth-order valence-electron chi connectivity index (χ4n) is 5.33. The summed E-state index contributed by atoms with van der Waals surface area (Å²) in [4.78, 5) is 42.5. The average Bonchev–Trinajstić information content (AvgIpc) is 3.41. The minimum Gasteiger partial charge on any atom is -0.507 e. The number of aromatic amines is 1. The van der Waals surface area contributed by atoms with Crippen LogP contribution in [0.15, 0.2) is 47.5 Å². The van der Waals surface area contributed by atoms with Gasteiger partial charge in [-0.2, -0.15) is 0 Å². The lowest BCUT2D eigenvalue weighted by molar-refractivity contribution is -0.123. The van der Waals surface area contributed by atoms with E-state index in [4.69, 9.17) is 9.47 Å². The number of phenolic OH excluding ortho intramolecular Hbond substituents is 2. The number of benzene rings is 2. The number of aromatic nitrogens is 1. The fraction of sp³-hybridized carbons (Fsp3) is 0.276. The number of Topliss-reactive ketones (excluding diaryl/α,β-unsaturated/α-hetero) is 2. The number of carbonyl (C=O) groups excluding carboxylic acids is 3. The maximum absolute atomic E-state index is 13.9. The fourth-order valence-corrected chi connectivity index (χ4v) is 5.33. The maximum atomic E-state index is 13.9. The number of ether oxygens (including phenoxy) is 2. The van der Waals surface area contributed by atoms with Crippen molar-refractivity contribution in [2.45, 2.75) is 39.5 Å². The zero-order valence-electron chi connectivity index (χ0n) is 21.7. The SMILES string of the molecule is COc1ccc2[nH]cc(CCNC(C)=C3C(=O)C=C4Oc5c(C(C)=O)c(O)c(C)c(O)c5C4(C)C3=O)c2c1. The lowest BCUT2D eigenvalue weighted by Crippen LogP contribution is -2.41. The lowest BCUT2D eigenvalue weighted by atomic mass is 9.70. The number of ketones is 3. The standard InChI is InChI=1S/C29H28N2O7/c1-13-25(34)23(15(3)32)27-24(26(13)35)29(4)21(38-27)11-20(33)22(28(29)36)14(2)30-9-8-16-12-31-19-7-6-17(37-5)10-18(16)19/h6-7,10-12,30-31,34-35H,8-9H2,1-5H3. The summed E-state index contributed by atoms with van der Waals surface area (Å²) in [5.41, 5.74) is 0.816. The molecule has 1 aliphatic carbocycles. The molecule has 0 saturated carbocycles. The first kappa shape index (κ1) is 25.1. The lowest BCUT2D eigenvalue weighted by Gasteiger charge is -2.29. The highest BCUT2D eigenvalue weighted by Crippen LogP contribution is 2.57. The van der Waals surface area contributed by atoms with Gasteiger partial charge < -0.3 is 30.0 Å². The summed E-state index contributed by atoms with van der Waals surface area (Å²) >= 11 is 0. The summed E-state index contributed by atoms with van der Waals surface area (Å²) in [7, 11) is 1.61. The van der Waals surface area contributed by atoms with Crippen molar-refractivity contribution < 1.29 is 34.1 Å². The molecule has 0 amide bonds. The van der Waals surface area contributed by atoms with Gasteiger partial charge in [-0.05, 0) is 57.9 Å². The summed E-state index contributed by atoms with van der Waals surface area (Å²) < 4.78 is 11.1. The smallest absolute Gasteiger partial charge is 0.194 e. The van der Waals surface area contributed by atoms with Crippen LogP contribution in [0, 0.1) is 6.92 Å². The molecule has 0 saturated heterocycles. The molecule has 4 N–H and O–H groups in total. The van der Waals surface area contributed by atoms with E-state index in [9.17, 15) is 24.6 Å². The molecule has 2 aliphatic rings. The minimum absolute atomic E-state index is 0.00888. The van der Waals surface area contributed by atoms with Crippen molar-refractivity contribution in [3.8, 4) is 23.0 Å². The highest BCUT2D eigenvalue weighted by atomic mass is 16.5. The second-order valence-corrected chi connectivity index (χ2v) is 9.79. The number of hydrogen-bond acceptors (Lipinski definition) is 8. The minimum atomic E-state index is -1.54. The number of phenols is 2. The molecular formula is C29H28N2O7. The van der Waals surface area contributed by atoms with E-state index < -0.39 is 28.5 Å². The second-order valence-electron chi connectivity index (χ2n) is 9.79. The molecule has 196 valence electrons. The number of rotatable bonds is 6. The van der Waals surface area contributed by atoms with Crippen LogP contribution >= 0.6 is 0 Å². The van der Waals surface area contributed by atoms with Crippen LogP contribution in [-0.2, 0) is 21.4 Å². The molecule has 9 nitrogen and oxygen atoms in total. The van der Waals surface area contributed by atoms with Gasteiger partial charge in [-0.1, -0.05) is 0 Å². The van der Waals surface area contributed by atoms with Gasteiger partial charge in [0.25, 0.3) is 0 Å². The van der Waals surface area contributed by atoms with Gasteiger partial charge in [0.1, 0.15) is 39.7 Å². The molecule has 0 fully saturated rings. The number of fused-ring (bicyclic) bond motifs is 4. The van der Waals surface area contributed by atoms with Crippen LogP contribution in [0.1, 0.15) is 47.8 Å². The van der Waals surface area contributed by atoms with Gasteiger partial charge in [-0.15, -0.1) is 0 Å². The van der Waals surface area contributed by atoms with E-state index in [0.717, 1.165) is 22.2 Å². The average molecular weight is 517 g/mol. The Hall–Kier alpha value is -4.53. The van der Waals surface area contributed by atoms with E-state index in [1.165, 1.54) is 19.9 Å². The molecule has 1 aromatic heterocycles. The first-order chi connectivity index (χ1) is 18.0. The molecule has 1 aliphatic heterocycles. The van der Waals surface area contributed by atoms with Crippen molar-refractivity contribution >= 4 is 28.3 Å². The third kappa shape index (κ3) is 3.49. The van der Waals surface area contributed by atoms with Crippen LogP contribution in [0.4, 0.5) is 0 Å². The molecule has 1 atom stereocenters. The highest BCUT2D eigenvalue weighted by molar-refractivity contribution is 6.31. The van der Waals surface area contributed by atoms with Crippen molar-refractivity contribution in [1.29, 1.82) is 0 Å². The predicted octanol–water partition coefficient (Wildman–Crippen LogP) is 3.89. The number of hydrogen-bond donors (Lipinski definition) is 4. The van der Waals surface area contributed by atoms with E-state index in [1.807, 2.05) is 24.4 Å². The van der Waals surface area contributed by atoms with Crippen molar-refractivity contribution in [1.82, 2.24) is 10.3 Å². The Morgan fingerprint density at radius 3 is 2.61 bits per heavy atom. The summed E-state index contributed by atoms with van der Waals surface area (Å²) in [5.74, 6) is -1.71. The number of allylic oxidation sites excluding steroid dienone is 4. The van der Waals surface area contributed by atoms with Gasteiger partial charge in [0, 0.05) is 41.0 Å². The third-order valence-corrected chi connectivity index (χ3v) is 7.52. The molecule has 1 unspecified atom stereocenters. The summed E-state index contributed by atoms with van der Waals surface area (Å²) in [6.07, 6.45) is 3.75. The molecule has 3 aromatic rings. The van der Waals surface area contributed by atoms with Crippen LogP contribution in [-0.4, -0.2) is 46.2 Å². The zero-order valence-corrected chi connectivity index (χ0v) is 21.7. The Balaban J connectivity index is 1.48. The van der Waals surface area contributed by atoms with Gasteiger partial charge in [0.2, 0.25) is 0 Å². The first-order valence-corrected chi connectivity index (χ1v) is 12.2. The largest absolute Gasteiger partial charge is 0.507 e. The molecule has 0 radical (unpaired) electrons. The van der Waals surface area contributed by atoms with Crippen LogP contribution in [0.25, 0.3) is 10.9 Å². The van der Waals surface area contributed by atoms with E-state index in [2.05, 4.69) is 10.3 Å². The highest BCUT2D eigenvalue weighted by Gasteiger charge is 2.56. The van der Waals surface area contributed by atoms with Crippen LogP contribution < -0.4 is 14.8 Å². The number of methoxy groups -OCH3 is 1. The topological polar surface area (TPSA) is 138 Å². The van der Waals surface area contributed by atoms with Crippen LogP contribution in [0.3, 0.4) is 0 Å². The quantitative estimate of drug-likeness (QED) is 0.220.